The fourth-order valence-electron chi connectivity index (χ4n) is 1.60. The molecule has 1 aromatic heterocycles. The van der Waals surface area contributed by atoms with Crippen molar-refractivity contribution in [1.82, 2.24) is 5.32 Å². The summed E-state index contributed by atoms with van der Waals surface area (Å²) in [5, 5.41) is 8.19. The van der Waals surface area contributed by atoms with Crippen molar-refractivity contribution >= 4 is 22.9 Å². The molecule has 3 heteroatoms. The zero-order valence-electron chi connectivity index (χ0n) is 8.46. The summed E-state index contributed by atoms with van der Waals surface area (Å²) >= 11 is 7.70. The number of rotatable bonds is 3. The van der Waals surface area contributed by atoms with Crippen molar-refractivity contribution in [3.63, 3.8) is 0 Å². The van der Waals surface area contributed by atoms with Gasteiger partial charge in [-0.3, -0.25) is 0 Å². The maximum Gasteiger partial charge on any atom is 0.0409 e. The lowest BCUT2D eigenvalue weighted by molar-refractivity contribution is 0.819. The summed E-state index contributed by atoms with van der Waals surface area (Å²) in [6.45, 7) is 0.839. The van der Waals surface area contributed by atoms with Crippen LogP contribution in [0.25, 0.3) is 11.1 Å². The maximum atomic E-state index is 5.99. The van der Waals surface area contributed by atoms with Gasteiger partial charge in [-0.15, -0.1) is 0 Å². The van der Waals surface area contributed by atoms with E-state index in [0.29, 0.717) is 0 Å². The largest absolute Gasteiger partial charge is 0.316 e. The Balaban J connectivity index is 2.46. The van der Waals surface area contributed by atoms with Gasteiger partial charge in [0.15, 0.2) is 0 Å². The third-order valence-electron chi connectivity index (χ3n) is 2.27. The molecule has 0 fully saturated rings. The highest BCUT2D eigenvalue weighted by molar-refractivity contribution is 7.08. The fraction of sp³-hybridized carbons (Fsp3) is 0.167. The van der Waals surface area contributed by atoms with Gasteiger partial charge in [0.2, 0.25) is 0 Å². The van der Waals surface area contributed by atoms with Crippen LogP contribution in [0.4, 0.5) is 0 Å². The fourth-order valence-corrected chi connectivity index (χ4v) is 2.45. The third kappa shape index (κ3) is 2.40. The van der Waals surface area contributed by atoms with Gasteiger partial charge in [0.1, 0.15) is 0 Å². The van der Waals surface area contributed by atoms with Gasteiger partial charge in [-0.05, 0) is 52.7 Å². The topological polar surface area (TPSA) is 12.0 Å². The highest BCUT2D eigenvalue weighted by atomic mass is 35.5. The third-order valence-corrected chi connectivity index (χ3v) is 3.19. The first-order valence-electron chi connectivity index (χ1n) is 4.77. The van der Waals surface area contributed by atoms with Crippen LogP contribution < -0.4 is 5.32 Å². The van der Waals surface area contributed by atoms with E-state index in [1.54, 1.807) is 11.3 Å². The molecular weight excluding hydrogens is 226 g/mol. The minimum Gasteiger partial charge on any atom is -0.316 e. The van der Waals surface area contributed by atoms with Gasteiger partial charge in [0.25, 0.3) is 0 Å². The van der Waals surface area contributed by atoms with Crippen LogP contribution in [0.2, 0.25) is 5.02 Å². The Labute approximate surface area is 98.7 Å². The number of benzene rings is 1. The maximum absolute atomic E-state index is 5.99. The summed E-state index contributed by atoms with van der Waals surface area (Å²) in [7, 11) is 1.94. The highest BCUT2D eigenvalue weighted by Gasteiger charge is 2.05. The van der Waals surface area contributed by atoms with Crippen molar-refractivity contribution in [2.45, 2.75) is 6.54 Å². The molecule has 0 saturated carbocycles. The summed E-state index contributed by atoms with van der Waals surface area (Å²) < 4.78 is 0. The van der Waals surface area contributed by atoms with Crippen molar-refractivity contribution < 1.29 is 0 Å². The van der Waals surface area contributed by atoms with Gasteiger partial charge in [-0.25, -0.2) is 0 Å². The molecule has 0 aliphatic carbocycles. The summed E-state index contributed by atoms with van der Waals surface area (Å²) in [5.74, 6) is 0. The van der Waals surface area contributed by atoms with Gasteiger partial charge in [-0.2, -0.15) is 11.3 Å². The Morgan fingerprint density at radius 3 is 2.87 bits per heavy atom. The molecular formula is C12H12ClNS. The minimum absolute atomic E-state index is 0.791. The van der Waals surface area contributed by atoms with E-state index in [4.69, 9.17) is 11.6 Å². The van der Waals surface area contributed by atoms with Crippen LogP contribution >= 0.6 is 22.9 Å². The van der Waals surface area contributed by atoms with Crippen molar-refractivity contribution in [3.05, 3.63) is 45.6 Å². The molecule has 1 heterocycles. The van der Waals surface area contributed by atoms with Gasteiger partial charge in [0.05, 0.1) is 0 Å². The van der Waals surface area contributed by atoms with Gasteiger partial charge < -0.3 is 5.32 Å². The summed E-state index contributed by atoms with van der Waals surface area (Å²) in [6, 6.07) is 8.17. The van der Waals surface area contributed by atoms with E-state index >= 15 is 0 Å². The lowest BCUT2D eigenvalue weighted by Crippen LogP contribution is -2.06. The predicted molar refractivity (Wildman–Crippen MR) is 67.5 cm³/mol. The van der Waals surface area contributed by atoms with E-state index in [9.17, 15) is 0 Å². The van der Waals surface area contributed by atoms with E-state index < -0.39 is 0 Å². The molecule has 1 aromatic carbocycles. The molecule has 78 valence electrons. The Bertz CT molecular complexity index is 437. The SMILES string of the molecule is CNCc1cc(Cl)ccc1-c1ccsc1. The molecule has 0 spiro atoms. The van der Waals surface area contributed by atoms with E-state index in [0.717, 1.165) is 11.6 Å². The van der Waals surface area contributed by atoms with Crippen LogP contribution in [0.5, 0.6) is 0 Å². The summed E-state index contributed by atoms with van der Waals surface area (Å²) in [5.41, 5.74) is 3.76. The Kier molecular flexibility index (Phi) is 3.41. The van der Waals surface area contributed by atoms with Crippen molar-refractivity contribution in [1.29, 1.82) is 0 Å². The predicted octanol–water partition coefficient (Wildman–Crippen LogP) is 3.79. The van der Waals surface area contributed by atoms with E-state index in [-0.39, 0.29) is 0 Å². The molecule has 0 radical (unpaired) electrons. The first-order chi connectivity index (χ1) is 7.31. The second-order valence-corrected chi connectivity index (χ2v) is 4.56. The standard InChI is InChI=1S/C12H12ClNS/c1-14-7-10-6-11(13)2-3-12(10)9-4-5-15-8-9/h2-6,8,14H,7H2,1H3. The van der Waals surface area contributed by atoms with Crippen LogP contribution in [0.15, 0.2) is 35.0 Å². The van der Waals surface area contributed by atoms with Crippen molar-refractivity contribution in [2.75, 3.05) is 7.05 Å². The lowest BCUT2D eigenvalue weighted by Gasteiger charge is -2.08. The van der Waals surface area contributed by atoms with E-state index in [1.165, 1.54) is 16.7 Å². The average Bonchev–Trinajstić information content (AvgIpc) is 2.71. The molecule has 0 bridgehead atoms. The summed E-state index contributed by atoms with van der Waals surface area (Å²) in [4.78, 5) is 0. The molecule has 2 rings (SSSR count). The van der Waals surface area contributed by atoms with Crippen LogP contribution in [0, 0.1) is 0 Å². The van der Waals surface area contributed by atoms with E-state index in [1.807, 2.05) is 19.2 Å². The monoisotopic (exact) mass is 237 g/mol. The molecule has 0 atom stereocenters. The zero-order valence-corrected chi connectivity index (χ0v) is 10.0. The number of nitrogens with one attached hydrogen (secondary N) is 1. The first kappa shape index (κ1) is 10.7. The number of hydrogen-bond acceptors (Lipinski definition) is 2. The number of thiophene rings is 1. The Morgan fingerprint density at radius 2 is 2.20 bits per heavy atom. The molecule has 0 unspecified atom stereocenters. The van der Waals surface area contributed by atoms with Crippen LogP contribution in [-0.4, -0.2) is 7.05 Å². The highest BCUT2D eigenvalue weighted by Crippen LogP contribution is 2.28. The number of halogens is 1. The van der Waals surface area contributed by atoms with Gasteiger partial charge in [0, 0.05) is 11.6 Å². The quantitative estimate of drug-likeness (QED) is 0.857. The first-order valence-corrected chi connectivity index (χ1v) is 6.09. The molecule has 1 nitrogen and oxygen atoms in total. The Hall–Kier alpha value is -0.830. The molecule has 0 saturated heterocycles. The normalized spacial score (nSPS) is 10.5. The van der Waals surface area contributed by atoms with Gasteiger partial charge in [-0.1, -0.05) is 17.7 Å². The number of hydrogen-bond donors (Lipinski definition) is 1. The van der Waals surface area contributed by atoms with Crippen molar-refractivity contribution in [2.24, 2.45) is 0 Å². The van der Waals surface area contributed by atoms with Gasteiger partial charge >= 0.3 is 0 Å². The van der Waals surface area contributed by atoms with Crippen molar-refractivity contribution in [3.8, 4) is 11.1 Å². The zero-order chi connectivity index (χ0) is 10.7. The second-order valence-electron chi connectivity index (χ2n) is 3.34. The van der Waals surface area contributed by atoms with Crippen LogP contribution in [0.1, 0.15) is 5.56 Å². The van der Waals surface area contributed by atoms with Crippen LogP contribution in [0.3, 0.4) is 0 Å². The summed E-state index contributed by atoms with van der Waals surface area (Å²) in [6.07, 6.45) is 0. The molecule has 1 N–H and O–H groups in total. The molecule has 0 aliphatic rings. The average molecular weight is 238 g/mol. The Morgan fingerprint density at radius 1 is 1.33 bits per heavy atom. The molecule has 2 aromatic rings. The lowest BCUT2D eigenvalue weighted by atomic mass is 10.0. The minimum atomic E-state index is 0.791. The van der Waals surface area contributed by atoms with Crippen LogP contribution in [-0.2, 0) is 6.54 Å². The molecule has 0 aliphatic heterocycles. The molecule has 15 heavy (non-hydrogen) atoms. The molecule has 0 amide bonds. The smallest absolute Gasteiger partial charge is 0.0409 e. The second kappa shape index (κ2) is 4.79. The van der Waals surface area contributed by atoms with E-state index in [2.05, 4.69) is 28.2 Å².